The van der Waals surface area contributed by atoms with Crippen molar-refractivity contribution in [3.8, 4) is 5.75 Å². The quantitative estimate of drug-likeness (QED) is 0.686. The van der Waals surface area contributed by atoms with Crippen molar-refractivity contribution in [1.82, 2.24) is 14.5 Å². The lowest BCUT2D eigenvalue weighted by atomic mass is 10.2. The standard InChI is InChI=1S/C19H31N3O4S/c1-4-16(5-2)20-19(23)15-21-11-13-22(14-12-21)27(24,25)18-9-7-17(8-10-18)26-6-3/h7-10,16H,4-6,11-15H2,1-3H3,(H,20,23). The van der Waals surface area contributed by atoms with Crippen molar-refractivity contribution in [2.45, 2.75) is 44.6 Å². The van der Waals surface area contributed by atoms with Crippen molar-refractivity contribution in [1.29, 1.82) is 0 Å². The zero-order valence-electron chi connectivity index (χ0n) is 16.5. The minimum Gasteiger partial charge on any atom is -0.494 e. The third kappa shape index (κ3) is 5.92. The van der Waals surface area contributed by atoms with Crippen molar-refractivity contribution >= 4 is 15.9 Å². The number of sulfonamides is 1. The number of benzene rings is 1. The van der Waals surface area contributed by atoms with Crippen LogP contribution in [0.25, 0.3) is 0 Å². The second kappa shape index (κ2) is 10.1. The minimum atomic E-state index is -3.52. The van der Waals surface area contributed by atoms with Crippen LogP contribution in [0.4, 0.5) is 0 Å². The first-order chi connectivity index (χ1) is 12.9. The number of ether oxygens (including phenoxy) is 1. The lowest BCUT2D eigenvalue weighted by Gasteiger charge is -2.33. The van der Waals surface area contributed by atoms with E-state index in [2.05, 4.69) is 19.2 Å². The summed E-state index contributed by atoms with van der Waals surface area (Å²) in [5.74, 6) is 0.663. The van der Waals surface area contributed by atoms with Gasteiger partial charge in [0.05, 0.1) is 18.0 Å². The average molecular weight is 398 g/mol. The van der Waals surface area contributed by atoms with Crippen molar-refractivity contribution in [2.24, 2.45) is 0 Å². The number of carbonyl (C=O) groups excluding carboxylic acids is 1. The molecule has 2 rings (SSSR count). The predicted octanol–water partition coefficient (Wildman–Crippen LogP) is 1.70. The summed E-state index contributed by atoms with van der Waals surface area (Å²) in [5, 5.41) is 3.02. The molecular weight excluding hydrogens is 366 g/mol. The molecule has 0 unspecified atom stereocenters. The highest BCUT2D eigenvalue weighted by atomic mass is 32.2. The lowest BCUT2D eigenvalue weighted by molar-refractivity contribution is -0.123. The van der Waals surface area contributed by atoms with Crippen LogP contribution in [0.3, 0.4) is 0 Å². The molecule has 1 aliphatic rings. The van der Waals surface area contributed by atoms with Crippen LogP contribution in [0.1, 0.15) is 33.6 Å². The van der Waals surface area contributed by atoms with Gasteiger partial charge in [0.2, 0.25) is 15.9 Å². The Morgan fingerprint density at radius 3 is 2.19 bits per heavy atom. The maximum atomic E-state index is 12.8. The smallest absolute Gasteiger partial charge is 0.243 e. The Balaban J connectivity index is 1.89. The normalized spacial score (nSPS) is 16.4. The summed E-state index contributed by atoms with van der Waals surface area (Å²) in [4.78, 5) is 14.4. The molecule has 152 valence electrons. The van der Waals surface area contributed by atoms with E-state index in [0.29, 0.717) is 45.1 Å². The fourth-order valence-electron chi connectivity index (χ4n) is 3.12. The number of nitrogens with one attached hydrogen (secondary N) is 1. The molecule has 0 radical (unpaired) electrons. The van der Waals surface area contributed by atoms with Crippen LogP contribution in [0, 0.1) is 0 Å². The van der Waals surface area contributed by atoms with Crippen LogP contribution in [0.15, 0.2) is 29.2 Å². The Bertz CT molecular complexity index is 694. The van der Waals surface area contributed by atoms with E-state index in [0.717, 1.165) is 12.8 Å². The number of nitrogens with zero attached hydrogens (tertiary/aromatic N) is 2. The topological polar surface area (TPSA) is 79.0 Å². The fourth-order valence-corrected chi connectivity index (χ4v) is 4.54. The second-order valence-electron chi connectivity index (χ2n) is 6.67. The number of rotatable bonds is 9. The van der Waals surface area contributed by atoms with Gasteiger partial charge < -0.3 is 10.1 Å². The number of carbonyl (C=O) groups is 1. The van der Waals surface area contributed by atoms with E-state index in [1.54, 1.807) is 24.3 Å². The van der Waals surface area contributed by atoms with Gasteiger partial charge in [-0.2, -0.15) is 4.31 Å². The highest BCUT2D eigenvalue weighted by Crippen LogP contribution is 2.20. The monoisotopic (exact) mass is 397 g/mol. The fraction of sp³-hybridized carbons (Fsp3) is 0.632. The molecule has 1 aromatic rings. The first-order valence-corrected chi connectivity index (χ1v) is 11.1. The highest BCUT2D eigenvalue weighted by Gasteiger charge is 2.29. The van der Waals surface area contributed by atoms with Crippen LogP contribution >= 0.6 is 0 Å². The SMILES string of the molecule is CCOc1ccc(S(=O)(=O)N2CCN(CC(=O)NC(CC)CC)CC2)cc1. The molecule has 0 spiro atoms. The van der Waals surface area contributed by atoms with Crippen molar-refractivity contribution in [2.75, 3.05) is 39.3 Å². The van der Waals surface area contributed by atoms with Gasteiger partial charge in [0.1, 0.15) is 5.75 Å². The van der Waals surface area contributed by atoms with E-state index in [1.807, 2.05) is 11.8 Å². The third-order valence-electron chi connectivity index (χ3n) is 4.82. The molecule has 27 heavy (non-hydrogen) atoms. The molecule has 7 nitrogen and oxygen atoms in total. The first-order valence-electron chi connectivity index (χ1n) is 9.65. The van der Waals surface area contributed by atoms with Crippen molar-refractivity contribution in [3.63, 3.8) is 0 Å². The van der Waals surface area contributed by atoms with Gasteiger partial charge in [-0.05, 0) is 44.0 Å². The average Bonchev–Trinajstić information content (AvgIpc) is 2.67. The van der Waals surface area contributed by atoms with E-state index in [4.69, 9.17) is 4.74 Å². The molecule has 8 heteroatoms. The Morgan fingerprint density at radius 2 is 1.67 bits per heavy atom. The summed E-state index contributed by atoms with van der Waals surface area (Å²) >= 11 is 0. The van der Waals surface area contributed by atoms with E-state index < -0.39 is 10.0 Å². The summed E-state index contributed by atoms with van der Waals surface area (Å²) < 4.78 is 32.4. The molecule has 1 aromatic carbocycles. The van der Waals surface area contributed by atoms with Crippen LogP contribution in [-0.4, -0.2) is 68.9 Å². The molecule has 0 atom stereocenters. The number of hydrogen-bond donors (Lipinski definition) is 1. The van der Waals surface area contributed by atoms with Crippen molar-refractivity contribution < 1.29 is 17.9 Å². The van der Waals surface area contributed by atoms with Gasteiger partial charge in [0.25, 0.3) is 0 Å². The summed E-state index contributed by atoms with van der Waals surface area (Å²) in [6.45, 7) is 8.71. The van der Waals surface area contributed by atoms with Crippen LogP contribution in [0.5, 0.6) is 5.75 Å². The summed E-state index contributed by atoms with van der Waals surface area (Å²) in [6, 6.07) is 6.72. The maximum Gasteiger partial charge on any atom is 0.243 e. The molecule has 1 heterocycles. The van der Waals surface area contributed by atoms with Gasteiger partial charge in [-0.3, -0.25) is 9.69 Å². The molecule has 0 aromatic heterocycles. The summed E-state index contributed by atoms with van der Waals surface area (Å²) in [5.41, 5.74) is 0. The largest absolute Gasteiger partial charge is 0.494 e. The zero-order valence-corrected chi connectivity index (χ0v) is 17.3. The first kappa shape index (κ1) is 21.7. The van der Waals surface area contributed by atoms with Gasteiger partial charge in [-0.25, -0.2) is 8.42 Å². The Hall–Kier alpha value is -1.64. The van der Waals surface area contributed by atoms with E-state index in [9.17, 15) is 13.2 Å². The molecule has 0 bridgehead atoms. The minimum absolute atomic E-state index is 0.00604. The van der Waals surface area contributed by atoms with Gasteiger partial charge in [0.15, 0.2) is 0 Å². The van der Waals surface area contributed by atoms with E-state index in [1.165, 1.54) is 4.31 Å². The third-order valence-corrected chi connectivity index (χ3v) is 6.73. The summed E-state index contributed by atoms with van der Waals surface area (Å²) in [7, 11) is -3.52. The van der Waals surface area contributed by atoms with Crippen LogP contribution in [-0.2, 0) is 14.8 Å². The van der Waals surface area contributed by atoms with Crippen molar-refractivity contribution in [3.05, 3.63) is 24.3 Å². The Kier molecular flexibility index (Phi) is 8.07. The Labute approximate surface area is 162 Å². The predicted molar refractivity (Wildman–Crippen MR) is 105 cm³/mol. The van der Waals surface area contributed by atoms with Gasteiger partial charge in [-0.1, -0.05) is 13.8 Å². The van der Waals surface area contributed by atoms with E-state index >= 15 is 0 Å². The molecular formula is C19H31N3O4S. The van der Waals surface area contributed by atoms with E-state index in [-0.39, 0.29) is 16.8 Å². The van der Waals surface area contributed by atoms with Gasteiger partial charge in [0, 0.05) is 32.2 Å². The molecule has 1 N–H and O–H groups in total. The maximum absolute atomic E-state index is 12.8. The molecule has 0 aliphatic carbocycles. The molecule has 1 fully saturated rings. The number of piperazine rings is 1. The molecule has 1 amide bonds. The lowest BCUT2D eigenvalue weighted by Crippen LogP contribution is -2.51. The number of amides is 1. The molecule has 0 saturated carbocycles. The zero-order chi connectivity index (χ0) is 19.9. The van der Waals surface area contributed by atoms with Crippen LogP contribution < -0.4 is 10.1 Å². The number of hydrogen-bond acceptors (Lipinski definition) is 5. The Morgan fingerprint density at radius 1 is 1.07 bits per heavy atom. The summed E-state index contributed by atoms with van der Waals surface area (Å²) in [6.07, 6.45) is 1.83. The molecule has 1 saturated heterocycles. The van der Waals surface area contributed by atoms with Crippen LogP contribution in [0.2, 0.25) is 0 Å². The highest BCUT2D eigenvalue weighted by molar-refractivity contribution is 7.89. The molecule has 1 aliphatic heterocycles. The van der Waals surface area contributed by atoms with Gasteiger partial charge in [-0.15, -0.1) is 0 Å². The second-order valence-corrected chi connectivity index (χ2v) is 8.60. The van der Waals surface area contributed by atoms with Gasteiger partial charge >= 0.3 is 0 Å².